The number of Topliss-reactive ketones (excluding diaryl/α,β-unsaturated/α-hetero) is 1. The molecule has 1 aliphatic rings. The predicted octanol–water partition coefficient (Wildman–Crippen LogP) is 1.75. The molecule has 1 heterocycles. The van der Waals surface area contributed by atoms with Gasteiger partial charge < -0.3 is 4.52 Å². The van der Waals surface area contributed by atoms with Crippen LogP contribution in [0.25, 0.3) is 0 Å². The highest BCUT2D eigenvalue weighted by Gasteiger charge is 2.29. The van der Waals surface area contributed by atoms with Crippen LogP contribution >= 0.6 is 0 Å². The topological polar surface area (TPSA) is 43.1 Å². The number of rotatable bonds is 2. The van der Waals surface area contributed by atoms with E-state index in [0.717, 1.165) is 5.56 Å². The van der Waals surface area contributed by atoms with Crippen LogP contribution in [0.5, 0.6) is 0 Å². The fraction of sp³-hybridized carbons (Fsp3) is 0.500. The van der Waals surface area contributed by atoms with Gasteiger partial charge in [0.05, 0.1) is 0 Å². The van der Waals surface area contributed by atoms with Crippen molar-refractivity contribution in [2.75, 3.05) is 0 Å². The molecule has 3 nitrogen and oxygen atoms in total. The molecule has 1 aromatic heterocycles. The van der Waals surface area contributed by atoms with Crippen molar-refractivity contribution in [1.82, 2.24) is 5.16 Å². The Kier molecular flexibility index (Phi) is 1.31. The van der Waals surface area contributed by atoms with Crippen molar-refractivity contribution in [2.45, 2.75) is 25.7 Å². The van der Waals surface area contributed by atoms with Gasteiger partial charge in [0.1, 0.15) is 6.26 Å². The van der Waals surface area contributed by atoms with E-state index >= 15 is 0 Å². The van der Waals surface area contributed by atoms with Crippen LogP contribution in [0.15, 0.2) is 10.8 Å². The SMILES string of the molecule is CC(=O)c1nocc1C1CC1. The number of aromatic nitrogens is 1. The van der Waals surface area contributed by atoms with E-state index in [0.29, 0.717) is 11.6 Å². The first kappa shape index (κ1) is 6.58. The molecule has 58 valence electrons. The molecule has 0 atom stereocenters. The fourth-order valence-corrected chi connectivity index (χ4v) is 1.20. The summed E-state index contributed by atoms with van der Waals surface area (Å²) in [4.78, 5) is 10.9. The second kappa shape index (κ2) is 2.19. The molecule has 0 aromatic carbocycles. The molecule has 0 saturated heterocycles. The lowest BCUT2D eigenvalue weighted by Gasteiger charge is -1.90. The van der Waals surface area contributed by atoms with Gasteiger partial charge >= 0.3 is 0 Å². The van der Waals surface area contributed by atoms with Gasteiger partial charge in [0.2, 0.25) is 0 Å². The average molecular weight is 151 g/mol. The molecule has 1 aromatic rings. The van der Waals surface area contributed by atoms with Gasteiger partial charge in [-0.3, -0.25) is 4.79 Å². The van der Waals surface area contributed by atoms with E-state index in [2.05, 4.69) is 5.16 Å². The summed E-state index contributed by atoms with van der Waals surface area (Å²) in [5.74, 6) is 0.542. The molecule has 3 heteroatoms. The Morgan fingerprint density at radius 2 is 2.45 bits per heavy atom. The van der Waals surface area contributed by atoms with Crippen LogP contribution in [-0.4, -0.2) is 10.9 Å². The normalized spacial score (nSPS) is 16.8. The molecular formula is C8H9NO2. The first-order valence-electron chi connectivity index (χ1n) is 3.74. The first-order chi connectivity index (χ1) is 5.29. The van der Waals surface area contributed by atoms with Crippen LogP contribution < -0.4 is 0 Å². The molecule has 0 N–H and O–H groups in total. The van der Waals surface area contributed by atoms with Crippen molar-refractivity contribution in [1.29, 1.82) is 0 Å². The number of hydrogen-bond acceptors (Lipinski definition) is 3. The van der Waals surface area contributed by atoms with Gasteiger partial charge in [0.15, 0.2) is 11.5 Å². The summed E-state index contributed by atoms with van der Waals surface area (Å²) in [6.07, 6.45) is 3.93. The first-order valence-corrected chi connectivity index (χ1v) is 3.74. The smallest absolute Gasteiger partial charge is 0.181 e. The van der Waals surface area contributed by atoms with Crippen molar-refractivity contribution in [2.24, 2.45) is 0 Å². The maximum absolute atomic E-state index is 10.9. The zero-order chi connectivity index (χ0) is 7.84. The van der Waals surface area contributed by atoms with Crippen molar-refractivity contribution in [3.8, 4) is 0 Å². The summed E-state index contributed by atoms with van der Waals surface area (Å²) in [6.45, 7) is 1.52. The minimum atomic E-state index is 0.000602. The summed E-state index contributed by atoms with van der Waals surface area (Å²) in [5, 5.41) is 3.65. The third-order valence-electron chi connectivity index (χ3n) is 1.95. The Bertz CT molecular complexity index is 286. The van der Waals surface area contributed by atoms with Gasteiger partial charge in [0.25, 0.3) is 0 Å². The number of hydrogen-bond donors (Lipinski definition) is 0. The van der Waals surface area contributed by atoms with Gasteiger partial charge in [-0.15, -0.1) is 0 Å². The van der Waals surface area contributed by atoms with Crippen LogP contribution in [-0.2, 0) is 0 Å². The molecule has 0 aliphatic heterocycles. The van der Waals surface area contributed by atoms with Crippen LogP contribution in [0, 0.1) is 0 Å². The second-order valence-corrected chi connectivity index (χ2v) is 2.95. The molecule has 0 spiro atoms. The van der Waals surface area contributed by atoms with Gasteiger partial charge in [0, 0.05) is 12.5 Å². The van der Waals surface area contributed by atoms with Crippen LogP contribution in [0.4, 0.5) is 0 Å². The molecule has 0 amide bonds. The summed E-state index contributed by atoms with van der Waals surface area (Å²) in [5.41, 5.74) is 1.52. The van der Waals surface area contributed by atoms with Crippen molar-refractivity contribution >= 4 is 5.78 Å². The molecule has 0 unspecified atom stereocenters. The maximum Gasteiger partial charge on any atom is 0.181 e. The van der Waals surface area contributed by atoms with Crippen molar-refractivity contribution < 1.29 is 9.32 Å². The molecule has 1 saturated carbocycles. The highest BCUT2D eigenvalue weighted by Crippen LogP contribution is 2.41. The summed E-state index contributed by atoms with van der Waals surface area (Å²) in [6, 6.07) is 0. The number of carbonyl (C=O) groups is 1. The standard InChI is InChI=1S/C8H9NO2/c1-5(10)8-7(4-11-9-8)6-2-3-6/h4,6H,2-3H2,1H3. The Labute approximate surface area is 64.4 Å². The van der Waals surface area contributed by atoms with E-state index in [9.17, 15) is 4.79 Å². The van der Waals surface area contributed by atoms with Crippen LogP contribution in [0.2, 0.25) is 0 Å². The van der Waals surface area contributed by atoms with E-state index in [-0.39, 0.29) is 5.78 Å². The average Bonchev–Trinajstić information content (AvgIpc) is 2.68. The van der Waals surface area contributed by atoms with Crippen LogP contribution in [0.1, 0.15) is 41.7 Å². The monoisotopic (exact) mass is 151 g/mol. The molecule has 0 bridgehead atoms. The molecule has 11 heavy (non-hydrogen) atoms. The largest absolute Gasteiger partial charge is 0.364 e. The van der Waals surface area contributed by atoms with Crippen LogP contribution in [0.3, 0.4) is 0 Å². The van der Waals surface area contributed by atoms with Gasteiger partial charge in [-0.25, -0.2) is 0 Å². The van der Waals surface area contributed by atoms with Crippen molar-refractivity contribution in [3.05, 3.63) is 17.5 Å². The van der Waals surface area contributed by atoms with Gasteiger partial charge in [-0.05, 0) is 18.8 Å². The third-order valence-corrected chi connectivity index (χ3v) is 1.95. The van der Waals surface area contributed by atoms with E-state index in [1.54, 1.807) is 6.26 Å². The van der Waals surface area contributed by atoms with E-state index in [1.165, 1.54) is 19.8 Å². The summed E-state index contributed by atoms with van der Waals surface area (Å²) in [7, 11) is 0. The van der Waals surface area contributed by atoms with E-state index in [4.69, 9.17) is 4.52 Å². The second-order valence-electron chi connectivity index (χ2n) is 2.95. The molecule has 1 fully saturated rings. The lowest BCUT2D eigenvalue weighted by atomic mass is 10.1. The van der Waals surface area contributed by atoms with Crippen molar-refractivity contribution in [3.63, 3.8) is 0 Å². The summed E-state index contributed by atoms with van der Waals surface area (Å²) >= 11 is 0. The zero-order valence-corrected chi connectivity index (χ0v) is 6.33. The van der Waals surface area contributed by atoms with Gasteiger partial charge in [-0.1, -0.05) is 5.16 Å². The van der Waals surface area contributed by atoms with E-state index < -0.39 is 0 Å². The molecule has 1 aliphatic carbocycles. The lowest BCUT2D eigenvalue weighted by Crippen LogP contribution is -1.95. The Morgan fingerprint density at radius 3 is 3.00 bits per heavy atom. The quantitative estimate of drug-likeness (QED) is 0.605. The zero-order valence-electron chi connectivity index (χ0n) is 6.33. The molecular weight excluding hydrogens is 142 g/mol. The number of carbonyl (C=O) groups excluding carboxylic acids is 1. The minimum absolute atomic E-state index is 0.000602. The molecule has 0 radical (unpaired) electrons. The fourth-order valence-electron chi connectivity index (χ4n) is 1.20. The number of ketones is 1. The summed E-state index contributed by atoms with van der Waals surface area (Å²) < 4.78 is 4.74. The highest BCUT2D eigenvalue weighted by atomic mass is 16.5. The minimum Gasteiger partial charge on any atom is -0.364 e. The maximum atomic E-state index is 10.9. The highest BCUT2D eigenvalue weighted by molar-refractivity contribution is 5.93. The Balaban J connectivity index is 2.37. The van der Waals surface area contributed by atoms with Gasteiger partial charge in [-0.2, -0.15) is 0 Å². The Morgan fingerprint density at radius 1 is 1.73 bits per heavy atom. The predicted molar refractivity (Wildman–Crippen MR) is 38.5 cm³/mol. The van der Waals surface area contributed by atoms with E-state index in [1.807, 2.05) is 0 Å². The lowest BCUT2D eigenvalue weighted by molar-refractivity contribution is 0.100. The third kappa shape index (κ3) is 1.06. The number of nitrogens with zero attached hydrogens (tertiary/aromatic N) is 1. The molecule has 2 rings (SSSR count). The Hall–Kier alpha value is -1.12.